The van der Waals surface area contributed by atoms with Crippen LogP contribution in [0.15, 0.2) is 46.9 Å². The first kappa shape index (κ1) is 16.8. The van der Waals surface area contributed by atoms with E-state index in [1.54, 1.807) is 7.11 Å². The molecule has 0 aliphatic heterocycles. The Hall–Kier alpha value is -0.590. The van der Waals surface area contributed by atoms with Crippen molar-refractivity contribution in [1.29, 1.82) is 0 Å². The average Bonchev–Trinajstić information content (AvgIpc) is 2.49. The van der Waals surface area contributed by atoms with E-state index in [1.807, 2.05) is 12.1 Å². The van der Waals surface area contributed by atoms with Crippen LogP contribution in [0.3, 0.4) is 0 Å². The Labute approximate surface area is 148 Å². The van der Waals surface area contributed by atoms with Crippen LogP contribution >= 0.6 is 38.5 Å². The summed E-state index contributed by atoms with van der Waals surface area (Å²) < 4.78 is 7.71. The van der Waals surface area contributed by atoms with Gasteiger partial charge >= 0.3 is 0 Å². The molecule has 0 bridgehead atoms. The molecule has 0 fully saturated rings. The predicted molar refractivity (Wildman–Crippen MR) is 100.0 cm³/mol. The summed E-state index contributed by atoms with van der Waals surface area (Å²) in [7, 11) is 1.71. The second-order valence-corrected chi connectivity index (χ2v) is 6.91. The minimum Gasteiger partial charge on any atom is -0.497 e. The van der Waals surface area contributed by atoms with Gasteiger partial charge in [-0.1, -0.05) is 35.0 Å². The van der Waals surface area contributed by atoms with E-state index < -0.39 is 0 Å². The van der Waals surface area contributed by atoms with Crippen LogP contribution in [0.5, 0.6) is 5.75 Å². The van der Waals surface area contributed by atoms with Gasteiger partial charge < -0.3 is 10.1 Å². The summed E-state index contributed by atoms with van der Waals surface area (Å²) in [6.07, 6.45) is 0.942. The third kappa shape index (κ3) is 4.69. The van der Waals surface area contributed by atoms with Gasteiger partial charge in [-0.2, -0.15) is 0 Å². The largest absolute Gasteiger partial charge is 0.497 e. The number of halogens is 2. The van der Waals surface area contributed by atoms with Crippen molar-refractivity contribution in [2.75, 3.05) is 13.7 Å². The molecule has 1 unspecified atom stereocenters. The first-order chi connectivity index (χ1) is 10.1. The number of hydrogen-bond acceptors (Lipinski definition) is 2. The van der Waals surface area contributed by atoms with Crippen LogP contribution in [0.4, 0.5) is 0 Å². The number of methoxy groups -OCH3 is 1. The first-order valence-corrected chi connectivity index (χ1v) is 8.82. The van der Waals surface area contributed by atoms with E-state index >= 15 is 0 Å². The summed E-state index contributed by atoms with van der Waals surface area (Å²) >= 11 is 5.98. The van der Waals surface area contributed by atoms with E-state index in [0.29, 0.717) is 6.04 Å². The van der Waals surface area contributed by atoms with E-state index in [2.05, 4.69) is 81.1 Å². The van der Waals surface area contributed by atoms with Crippen molar-refractivity contribution in [1.82, 2.24) is 5.32 Å². The molecule has 0 spiro atoms. The SMILES string of the molecule is CCNC(Cc1cccc(OC)c1)c1cc(Br)ccc1I. The fraction of sp³-hybridized carbons (Fsp3) is 0.294. The van der Waals surface area contributed by atoms with Crippen LogP contribution in [0.2, 0.25) is 0 Å². The Morgan fingerprint density at radius 2 is 2.05 bits per heavy atom. The number of rotatable bonds is 6. The van der Waals surface area contributed by atoms with Crippen LogP contribution in [-0.2, 0) is 6.42 Å². The monoisotopic (exact) mass is 459 g/mol. The van der Waals surface area contributed by atoms with Gasteiger partial charge in [-0.25, -0.2) is 0 Å². The van der Waals surface area contributed by atoms with Crippen molar-refractivity contribution in [3.8, 4) is 5.75 Å². The molecule has 4 heteroatoms. The summed E-state index contributed by atoms with van der Waals surface area (Å²) in [5, 5.41) is 3.59. The van der Waals surface area contributed by atoms with Crippen LogP contribution < -0.4 is 10.1 Å². The first-order valence-electron chi connectivity index (χ1n) is 6.95. The standard InChI is InChI=1S/C17H19BrINO/c1-3-20-17(15-11-13(18)7-8-16(15)19)10-12-5-4-6-14(9-12)21-2/h4-9,11,17,20H,3,10H2,1-2H3. The van der Waals surface area contributed by atoms with E-state index in [4.69, 9.17) is 4.74 Å². The maximum Gasteiger partial charge on any atom is 0.119 e. The lowest BCUT2D eigenvalue weighted by Gasteiger charge is -2.20. The molecule has 0 saturated carbocycles. The van der Waals surface area contributed by atoms with Crippen molar-refractivity contribution in [3.05, 3.63) is 61.6 Å². The Balaban J connectivity index is 2.28. The Kier molecular flexibility index (Phi) is 6.51. The normalized spacial score (nSPS) is 12.2. The van der Waals surface area contributed by atoms with Crippen LogP contribution in [0, 0.1) is 3.57 Å². The van der Waals surface area contributed by atoms with Crippen molar-refractivity contribution >= 4 is 38.5 Å². The number of likely N-dealkylation sites (N-methyl/N-ethyl adjacent to an activating group) is 1. The second kappa shape index (κ2) is 8.15. The lowest BCUT2D eigenvalue weighted by Crippen LogP contribution is -2.23. The summed E-state index contributed by atoms with van der Waals surface area (Å²) in [5.74, 6) is 0.909. The number of ether oxygens (including phenoxy) is 1. The molecule has 2 aromatic carbocycles. The van der Waals surface area contributed by atoms with Crippen molar-refractivity contribution in [2.24, 2.45) is 0 Å². The van der Waals surface area contributed by atoms with Crippen molar-refractivity contribution in [3.63, 3.8) is 0 Å². The molecule has 0 saturated heterocycles. The topological polar surface area (TPSA) is 21.3 Å². The highest BCUT2D eigenvalue weighted by atomic mass is 127. The van der Waals surface area contributed by atoms with Crippen LogP contribution in [0.25, 0.3) is 0 Å². The molecule has 2 nitrogen and oxygen atoms in total. The maximum absolute atomic E-state index is 5.32. The molecule has 2 rings (SSSR count). The highest BCUT2D eigenvalue weighted by molar-refractivity contribution is 14.1. The lowest BCUT2D eigenvalue weighted by atomic mass is 9.98. The molecule has 0 aliphatic rings. The molecule has 0 amide bonds. The summed E-state index contributed by atoms with van der Waals surface area (Å²) in [4.78, 5) is 0. The summed E-state index contributed by atoms with van der Waals surface area (Å²) in [6, 6.07) is 15.0. The van der Waals surface area contributed by atoms with Crippen LogP contribution in [-0.4, -0.2) is 13.7 Å². The van der Waals surface area contributed by atoms with Gasteiger partial charge in [-0.05, 0) is 77.0 Å². The van der Waals surface area contributed by atoms with E-state index in [-0.39, 0.29) is 0 Å². The fourth-order valence-corrected chi connectivity index (χ4v) is 3.45. The van der Waals surface area contributed by atoms with Gasteiger partial charge in [0, 0.05) is 14.1 Å². The van der Waals surface area contributed by atoms with E-state index in [1.165, 1.54) is 14.7 Å². The second-order valence-electron chi connectivity index (χ2n) is 4.83. The van der Waals surface area contributed by atoms with Crippen LogP contribution in [0.1, 0.15) is 24.1 Å². The van der Waals surface area contributed by atoms with E-state index in [9.17, 15) is 0 Å². The van der Waals surface area contributed by atoms with Gasteiger partial charge in [-0.15, -0.1) is 0 Å². The molecule has 2 aromatic rings. The molecule has 1 atom stereocenters. The highest BCUT2D eigenvalue weighted by Crippen LogP contribution is 2.27. The fourth-order valence-electron chi connectivity index (χ4n) is 2.36. The maximum atomic E-state index is 5.32. The highest BCUT2D eigenvalue weighted by Gasteiger charge is 2.15. The zero-order valence-corrected chi connectivity index (χ0v) is 15.9. The average molecular weight is 460 g/mol. The van der Waals surface area contributed by atoms with Gasteiger partial charge in [0.1, 0.15) is 5.75 Å². The van der Waals surface area contributed by atoms with Crippen molar-refractivity contribution < 1.29 is 4.74 Å². The minimum atomic E-state index is 0.298. The molecule has 0 aromatic heterocycles. The third-order valence-corrected chi connectivity index (χ3v) is 4.83. The molecule has 21 heavy (non-hydrogen) atoms. The molecule has 0 heterocycles. The molecule has 1 N–H and O–H groups in total. The molecule has 112 valence electrons. The Morgan fingerprint density at radius 3 is 2.76 bits per heavy atom. The summed E-state index contributed by atoms with van der Waals surface area (Å²) in [6.45, 7) is 3.08. The predicted octanol–water partition coefficient (Wildman–Crippen LogP) is 4.96. The molecular formula is C17H19BrINO. The zero-order valence-electron chi connectivity index (χ0n) is 12.2. The van der Waals surface area contributed by atoms with Gasteiger partial charge in [0.25, 0.3) is 0 Å². The third-order valence-electron chi connectivity index (χ3n) is 3.36. The Bertz CT molecular complexity index is 603. The smallest absolute Gasteiger partial charge is 0.119 e. The van der Waals surface area contributed by atoms with Gasteiger partial charge in [0.2, 0.25) is 0 Å². The van der Waals surface area contributed by atoms with Gasteiger partial charge in [0.15, 0.2) is 0 Å². The number of nitrogens with one attached hydrogen (secondary N) is 1. The number of hydrogen-bond donors (Lipinski definition) is 1. The van der Waals surface area contributed by atoms with Gasteiger partial charge in [-0.3, -0.25) is 0 Å². The Morgan fingerprint density at radius 1 is 1.24 bits per heavy atom. The quantitative estimate of drug-likeness (QED) is 0.616. The summed E-state index contributed by atoms with van der Waals surface area (Å²) in [5.41, 5.74) is 2.60. The minimum absolute atomic E-state index is 0.298. The van der Waals surface area contributed by atoms with Gasteiger partial charge in [0.05, 0.1) is 7.11 Å². The molecular weight excluding hydrogens is 441 g/mol. The lowest BCUT2D eigenvalue weighted by molar-refractivity contribution is 0.414. The molecule has 0 aliphatic carbocycles. The number of benzene rings is 2. The van der Waals surface area contributed by atoms with E-state index in [0.717, 1.165) is 23.2 Å². The zero-order chi connectivity index (χ0) is 15.2. The molecule has 0 radical (unpaired) electrons. The van der Waals surface area contributed by atoms with Crippen molar-refractivity contribution in [2.45, 2.75) is 19.4 Å².